The maximum Gasteiger partial charge on any atom is 0.251 e. The van der Waals surface area contributed by atoms with Gasteiger partial charge in [0.25, 0.3) is 5.91 Å². The zero-order valence-electron chi connectivity index (χ0n) is 11.1. The third kappa shape index (κ3) is 4.42. The lowest BCUT2D eigenvalue weighted by Gasteiger charge is -2.23. The highest BCUT2D eigenvalue weighted by Gasteiger charge is 2.18. The molecular weight excluding hydrogens is 294 g/mol. The zero-order valence-corrected chi connectivity index (χ0v) is 12.7. The summed E-state index contributed by atoms with van der Waals surface area (Å²) in [6.07, 6.45) is 0.673. The van der Waals surface area contributed by atoms with Gasteiger partial charge in [0.1, 0.15) is 0 Å². The standard InChI is InChI=1S/C14H20BrNO2/c1-10-8-11(4-5-12(10)15)13(18)16-9-14(2,3)6-7-17/h4-5,8,17H,6-7,9H2,1-3H3,(H,16,18). The third-order valence-electron chi connectivity index (χ3n) is 2.94. The Labute approximate surface area is 117 Å². The summed E-state index contributed by atoms with van der Waals surface area (Å²) < 4.78 is 1.000. The van der Waals surface area contributed by atoms with Gasteiger partial charge in [0.2, 0.25) is 0 Å². The minimum absolute atomic E-state index is 0.0726. The van der Waals surface area contributed by atoms with Crippen molar-refractivity contribution in [3.63, 3.8) is 0 Å². The van der Waals surface area contributed by atoms with Crippen LogP contribution >= 0.6 is 15.9 Å². The maximum absolute atomic E-state index is 12.0. The molecule has 0 unspecified atom stereocenters. The van der Waals surface area contributed by atoms with Gasteiger partial charge in [-0.3, -0.25) is 4.79 Å². The van der Waals surface area contributed by atoms with E-state index in [9.17, 15) is 4.79 Å². The molecule has 0 aliphatic rings. The summed E-state index contributed by atoms with van der Waals surface area (Å²) in [6, 6.07) is 5.53. The van der Waals surface area contributed by atoms with E-state index in [0.717, 1.165) is 10.0 Å². The highest BCUT2D eigenvalue weighted by molar-refractivity contribution is 9.10. The number of nitrogens with one attached hydrogen (secondary N) is 1. The largest absolute Gasteiger partial charge is 0.396 e. The number of aryl methyl sites for hydroxylation is 1. The van der Waals surface area contributed by atoms with Gasteiger partial charge < -0.3 is 10.4 Å². The summed E-state index contributed by atoms with van der Waals surface area (Å²) in [7, 11) is 0. The van der Waals surface area contributed by atoms with Gasteiger partial charge in [0, 0.05) is 23.2 Å². The molecule has 18 heavy (non-hydrogen) atoms. The summed E-state index contributed by atoms with van der Waals surface area (Å²) >= 11 is 3.41. The Morgan fingerprint density at radius 3 is 2.67 bits per heavy atom. The van der Waals surface area contributed by atoms with Crippen LogP contribution < -0.4 is 5.32 Å². The van der Waals surface area contributed by atoms with Gasteiger partial charge in [-0.25, -0.2) is 0 Å². The van der Waals surface area contributed by atoms with Crippen LogP contribution in [-0.4, -0.2) is 24.2 Å². The van der Waals surface area contributed by atoms with Crippen molar-refractivity contribution in [2.45, 2.75) is 27.2 Å². The predicted octanol–water partition coefficient (Wildman–Crippen LogP) is 2.90. The van der Waals surface area contributed by atoms with Crippen molar-refractivity contribution in [1.29, 1.82) is 0 Å². The molecule has 2 N–H and O–H groups in total. The van der Waals surface area contributed by atoms with Crippen molar-refractivity contribution < 1.29 is 9.90 Å². The van der Waals surface area contributed by atoms with Gasteiger partial charge >= 0.3 is 0 Å². The molecule has 1 aromatic rings. The second-order valence-electron chi connectivity index (χ2n) is 5.28. The SMILES string of the molecule is Cc1cc(C(=O)NCC(C)(C)CCO)ccc1Br. The minimum atomic E-state index is -0.0885. The number of carbonyl (C=O) groups excluding carboxylic acids is 1. The Morgan fingerprint density at radius 1 is 1.44 bits per heavy atom. The van der Waals surface area contributed by atoms with E-state index in [1.54, 1.807) is 6.07 Å². The molecule has 1 aromatic carbocycles. The maximum atomic E-state index is 12.0. The van der Waals surface area contributed by atoms with E-state index < -0.39 is 0 Å². The number of aliphatic hydroxyl groups is 1. The van der Waals surface area contributed by atoms with Gasteiger partial charge in [-0.2, -0.15) is 0 Å². The van der Waals surface area contributed by atoms with Crippen LogP contribution in [0, 0.1) is 12.3 Å². The zero-order chi connectivity index (χ0) is 13.8. The molecule has 0 aromatic heterocycles. The first kappa shape index (κ1) is 15.2. The predicted molar refractivity (Wildman–Crippen MR) is 76.7 cm³/mol. The van der Waals surface area contributed by atoms with Crippen LogP contribution in [0.5, 0.6) is 0 Å². The molecule has 0 saturated carbocycles. The minimum Gasteiger partial charge on any atom is -0.396 e. The van der Waals surface area contributed by atoms with E-state index in [1.807, 2.05) is 32.9 Å². The molecule has 0 aliphatic heterocycles. The molecule has 3 nitrogen and oxygen atoms in total. The number of hydrogen-bond acceptors (Lipinski definition) is 2. The highest BCUT2D eigenvalue weighted by atomic mass is 79.9. The molecule has 0 saturated heterocycles. The molecule has 1 amide bonds. The smallest absolute Gasteiger partial charge is 0.251 e. The Bertz CT molecular complexity index is 430. The number of hydrogen-bond donors (Lipinski definition) is 2. The lowest BCUT2D eigenvalue weighted by molar-refractivity contribution is 0.0928. The van der Waals surface area contributed by atoms with Crippen LogP contribution in [0.15, 0.2) is 22.7 Å². The van der Waals surface area contributed by atoms with Crippen molar-refractivity contribution in [2.75, 3.05) is 13.2 Å². The number of rotatable bonds is 5. The van der Waals surface area contributed by atoms with Gasteiger partial charge in [0.05, 0.1) is 0 Å². The van der Waals surface area contributed by atoms with Crippen molar-refractivity contribution >= 4 is 21.8 Å². The Hall–Kier alpha value is -0.870. The van der Waals surface area contributed by atoms with E-state index in [1.165, 1.54) is 0 Å². The van der Waals surface area contributed by atoms with Crippen LogP contribution in [0.25, 0.3) is 0 Å². The summed E-state index contributed by atoms with van der Waals surface area (Å²) in [6.45, 7) is 6.70. The third-order valence-corrected chi connectivity index (χ3v) is 3.83. The topological polar surface area (TPSA) is 49.3 Å². The molecular formula is C14H20BrNO2. The average molecular weight is 314 g/mol. The van der Waals surface area contributed by atoms with E-state index in [4.69, 9.17) is 5.11 Å². The summed E-state index contributed by atoms with van der Waals surface area (Å²) in [5.74, 6) is -0.0726. The summed E-state index contributed by atoms with van der Waals surface area (Å²) in [4.78, 5) is 12.0. The summed E-state index contributed by atoms with van der Waals surface area (Å²) in [5.41, 5.74) is 1.61. The van der Waals surface area contributed by atoms with Crippen molar-refractivity contribution in [1.82, 2.24) is 5.32 Å². The summed E-state index contributed by atoms with van der Waals surface area (Å²) in [5, 5.41) is 11.8. The van der Waals surface area contributed by atoms with Crippen LogP contribution in [0.3, 0.4) is 0 Å². The van der Waals surface area contributed by atoms with Crippen molar-refractivity contribution in [3.05, 3.63) is 33.8 Å². The first-order valence-corrected chi connectivity index (χ1v) is 6.80. The number of aliphatic hydroxyl groups excluding tert-OH is 1. The van der Waals surface area contributed by atoms with Gasteiger partial charge in [-0.15, -0.1) is 0 Å². The second kappa shape index (κ2) is 6.34. The normalized spacial score (nSPS) is 11.4. The molecule has 1 rings (SSSR count). The highest BCUT2D eigenvalue weighted by Crippen LogP contribution is 2.19. The first-order valence-electron chi connectivity index (χ1n) is 6.01. The lowest BCUT2D eigenvalue weighted by Crippen LogP contribution is -2.34. The molecule has 4 heteroatoms. The van der Waals surface area contributed by atoms with Gasteiger partial charge in [-0.1, -0.05) is 29.8 Å². The molecule has 0 radical (unpaired) electrons. The average Bonchev–Trinajstić information content (AvgIpc) is 2.30. The van der Waals surface area contributed by atoms with E-state index >= 15 is 0 Å². The van der Waals surface area contributed by atoms with E-state index in [-0.39, 0.29) is 17.9 Å². The molecule has 100 valence electrons. The van der Waals surface area contributed by atoms with Gasteiger partial charge in [0.15, 0.2) is 0 Å². The molecule has 0 fully saturated rings. The quantitative estimate of drug-likeness (QED) is 0.878. The van der Waals surface area contributed by atoms with Crippen LogP contribution in [0.1, 0.15) is 36.2 Å². The molecule has 0 aliphatic carbocycles. The molecule has 0 heterocycles. The fraction of sp³-hybridized carbons (Fsp3) is 0.500. The van der Waals surface area contributed by atoms with E-state index in [2.05, 4.69) is 21.2 Å². The Kier molecular flexibility index (Phi) is 5.35. The van der Waals surface area contributed by atoms with Crippen molar-refractivity contribution in [2.24, 2.45) is 5.41 Å². The van der Waals surface area contributed by atoms with Crippen LogP contribution in [-0.2, 0) is 0 Å². The van der Waals surface area contributed by atoms with E-state index in [0.29, 0.717) is 18.5 Å². The van der Waals surface area contributed by atoms with Crippen LogP contribution in [0.2, 0.25) is 0 Å². The fourth-order valence-corrected chi connectivity index (χ4v) is 1.85. The molecule has 0 spiro atoms. The second-order valence-corrected chi connectivity index (χ2v) is 6.14. The van der Waals surface area contributed by atoms with Crippen LogP contribution in [0.4, 0.5) is 0 Å². The Balaban J connectivity index is 2.63. The number of benzene rings is 1. The van der Waals surface area contributed by atoms with Crippen molar-refractivity contribution in [3.8, 4) is 0 Å². The first-order chi connectivity index (χ1) is 8.35. The monoisotopic (exact) mass is 313 g/mol. The fourth-order valence-electron chi connectivity index (χ4n) is 1.60. The van der Waals surface area contributed by atoms with Gasteiger partial charge in [-0.05, 0) is 42.5 Å². The Morgan fingerprint density at radius 2 is 2.11 bits per heavy atom. The number of halogens is 1. The number of carbonyl (C=O) groups is 1. The lowest BCUT2D eigenvalue weighted by atomic mass is 9.89. The molecule has 0 atom stereocenters. The number of amides is 1. The molecule has 0 bridgehead atoms.